The summed E-state index contributed by atoms with van der Waals surface area (Å²) in [5.74, 6) is 0.287. The number of ether oxygens (including phenoxy) is 1. The van der Waals surface area contributed by atoms with Crippen molar-refractivity contribution in [3.63, 3.8) is 0 Å². The maximum Gasteiger partial charge on any atom is 0.262 e. The van der Waals surface area contributed by atoms with Crippen molar-refractivity contribution in [2.75, 3.05) is 11.9 Å². The fourth-order valence-corrected chi connectivity index (χ4v) is 2.61. The Labute approximate surface area is 135 Å². The summed E-state index contributed by atoms with van der Waals surface area (Å²) in [5.41, 5.74) is 2.57. The van der Waals surface area contributed by atoms with Gasteiger partial charge in [0.05, 0.1) is 4.90 Å². The lowest BCUT2D eigenvalue weighted by molar-refractivity contribution is -0.118. The summed E-state index contributed by atoms with van der Waals surface area (Å²) >= 11 is 0. The fraction of sp³-hybridized carbons (Fsp3) is 0.188. The van der Waals surface area contributed by atoms with E-state index in [2.05, 4.69) is 5.32 Å². The molecule has 0 radical (unpaired) electrons. The molecule has 0 aromatic heterocycles. The highest BCUT2D eigenvalue weighted by Crippen LogP contribution is 2.16. The van der Waals surface area contributed by atoms with Gasteiger partial charge in [-0.25, -0.2) is 13.6 Å². The minimum Gasteiger partial charge on any atom is -0.484 e. The molecule has 3 N–H and O–H groups in total. The molecule has 122 valence electrons. The lowest BCUT2D eigenvalue weighted by Crippen LogP contribution is -2.20. The highest BCUT2D eigenvalue weighted by Gasteiger charge is 2.08. The van der Waals surface area contributed by atoms with E-state index in [0.717, 1.165) is 11.1 Å². The second-order valence-electron chi connectivity index (χ2n) is 5.23. The van der Waals surface area contributed by atoms with Crippen LogP contribution in [0.5, 0.6) is 5.75 Å². The Morgan fingerprint density at radius 3 is 2.17 bits per heavy atom. The van der Waals surface area contributed by atoms with Crippen LogP contribution in [-0.4, -0.2) is 20.9 Å². The number of sulfonamides is 1. The van der Waals surface area contributed by atoms with Crippen molar-refractivity contribution in [3.8, 4) is 5.75 Å². The molecule has 0 aliphatic carbocycles. The van der Waals surface area contributed by atoms with E-state index in [1.807, 2.05) is 32.0 Å². The first-order chi connectivity index (χ1) is 10.7. The van der Waals surface area contributed by atoms with E-state index in [4.69, 9.17) is 9.88 Å². The van der Waals surface area contributed by atoms with E-state index in [9.17, 15) is 13.2 Å². The van der Waals surface area contributed by atoms with Crippen LogP contribution in [0, 0.1) is 13.8 Å². The Kier molecular flexibility index (Phi) is 5.02. The van der Waals surface area contributed by atoms with Crippen LogP contribution < -0.4 is 15.2 Å². The third kappa shape index (κ3) is 5.08. The second-order valence-corrected chi connectivity index (χ2v) is 6.79. The normalized spacial score (nSPS) is 11.1. The van der Waals surface area contributed by atoms with Crippen molar-refractivity contribution >= 4 is 21.6 Å². The van der Waals surface area contributed by atoms with Crippen LogP contribution in [0.4, 0.5) is 5.69 Å². The monoisotopic (exact) mass is 334 g/mol. The summed E-state index contributed by atoms with van der Waals surface area (Å²) < 4.78 is 27.8. The van der Waals surface area contributed by atoms with E-state index in [0.29, 0.717) is 11.4 Å². The lowest BCUT2D eigenvalue weighted by atomic mass is 10.1. The highest BCUT2D eigenvalue weighted by molar-refractivity contribution is 7.89. The summed E-state index contributed by atoms with van der Waals surface area (Å²) in [6.45, 7) is 3.76. The Hall–Kier alpha value is -2.38. The number of nitrogens with two attached hydrogens (primary N) is 1. The molecule has 6 nitrogen and oxygen atoms in total. The van der Waals surface area contributed by atoms with Gasteiger partial charge >= 0.3 is 0 Å². The standard InChI is InChI=1S/C16H18N2O4S/c1-11-7-12(2)9-14(8-11)22-10-16(19)18-13-3-5-15(6-4-13)23(17,20)21/h3-9H,10H2,1-2H3,(H,18,19)(H2,17,20,21). The summed E-state index contributed by atoms with van der Waals surface area (Å²) in [4.78, 5) is 11.8. The van der Waals surface area contributed by atoms with Gasteiger partial charge in [0.1, 0.15) is 5.75 Å². The Morgan fingerprint density at radius 1 is 1.09 bits per heavy atom. The van der Waals surface area contributed by atoms with Crippen LogP contribution >= 0.6 is 0 Å². The van der Waals surface area contributed by atoms with E-state index in [1.165, 1.54) is 24.3 Å². The number of hydrogen-bond acceptors (Lipinski definition) is 4. The molecule has 7 heteroatoms. The number of carbonyl (C=O) groups is 1. The Morgan fingerprint density at radius 2 is 1.65 bits per heavy atom. The van der Waals surface area contributed by atoms with Gasteiger partial charge in [0.25, 0.3) is 5.91 Å². The SMILES string of the molecule is Cc1cc(C)cc(OCC(=O)Nc2ccc(S(N)(=O)=O)cc2)c1. The molecule has 2 rings (SSSR count). The van der Waals surface area contributed by atoms with E-state index in [1.54, 1.807) is 0 Å². The first-order valence-corrected chi connectivity index (χ1v) is 8.42. The van der Waals surface area contributed by atoms with Crippen LogP contribution in [0.1, 0.15) is 11.1 Å². The van der Waals surface area contributed by atoms with Crippen LogP contribution in [0.15, 0.2) is 47.4 Å². The van der Waals surface area contributed by atoms with Crippen molar-refractivity contribution in [1.82, 2.24) is 0 Å². The molecule has 0 spiro atoms. The number of rotatable bonds is 5. The van der Waals surface area contributed by atoms with Crippen molar-refractivity contribution in [2.45, 2.75) is 18.7 Å². The molecule has 2 aromatic rings. The summed E-state index contributed by atoms with van der Waals surface area (Å²) in [7, 11) is -3.74. The van der Waals surface area contributed by atoms with Gasteiger partial charge in [-0.2, -0.15) is 0 Å². The number of aryl methyl sites for hydroxylation is 2. The van der Waals surface area contributed by atoms with Gasteiger partial charge in [0.15, 0.2) is 6.61 Å². The molecule has 0 saturated heterocycles. The topological polar surface area (TPSA) is 98.5 Å². The quantitative estimate of drug-likeness (QED) is 0.873. The average molecular weight is 334 g/mol. The number of amides is 1. The summed E-state index contributed by atoms with van der Waals surface area (Å²) in [5, 5.41) is 7.63. The Balaban J connectivity index is 1.94. The molecule has 1 amide bonds. The first-order valence-electron chi connectivity index (χ1n) is 6.88. The highest BCUT2D eigenvalue weighted by atomic mass is 32.2. The maximum absolute atomic E-state index is 11.9. The zero-order chi connectivity index (χ0) is 17.0. The third-order valence-electron chi connectivity index (χ3n) is 3.03. The van der Waals surface area contributed by atoms with Crippen molar-refractivity contribution in [1.29, 1.82) is 0 Å². The number of nitrogens with one attached hydrogen (secondary N) is 1. The van der Waals surface area contributed by atoms with Crippen LogP contribution in [0.2, 0.25) is 0 Å². The smallest absolute Gasteiger partial charge is 0.262 e. The largest absolute Gasteiger partial charge is 0.484 e. The van der Waals surface area contributed by atoms with Gasteiger partial charge in [-0.3, -0.25) is 4.79 Å². The third-order valence-corrected chi connectivity index (χ3v) is 3.96. The van der Waals surface area contributed by atoms with Gasteiger partial charge < -0.3 is 10.1 Å². The number of carbonyl (C=O) groups excluding carboxylic acids is 1. The molecule has 0 saturated carbocycles. The average Bonchev–Trinajstić information content (AvgIpc) is 2.44. The molecule has 0 aliphatic heterocycles. The molecule has 0 fully saturated rings. The molecule has 0 atom stereocenters. The molecular weight excluding hydrogens is 316 g/mol. The number of anilines is 1. The van der Waals surface area contributed by atoms with Crippen molar-refractivity contribution in [3.05, 3.63) is 53.6 Å². The minimum atomic E-state index is -3.74. The van der Waals surface area contributed by atoms with E-state index >= 15 is 0 Å². The van der Waals surface area contributed by atoms with Gasteiger partial charge in [0, 0.05) is 5.69 Å². The molecule has 0 unspecified atom stereocenters. The van der Waals surface area contributed by atoms with Crippen LogP contribution in [-0.2, 0) is 14.8 Å². The fourth-order valence-electron chi connectivity index (χ4n) is 2.09. The van der Waals surface area contributed by atoms with Crippen LogP contribution in [0.25, 0.3) is 0 Å². The van der Waals surface area contributed by atoms with E-state index < -0.39 is 10.0 Å². The number of hydrogen-bond donors (Lipinski definition) is 2. The van der Waals surface area contributed by atoms with Gasteiger partial charge in [-0.05, 0) is 61.4 Å². The zero-order valence-corrected chi connectivity index (χ0v) is 13.7. The summed E-state index contributed by atoms with van der Waals surface area (Å²) in [6, 6.07) is 11.3. The molecule has 0 heterocycles. The first kappa shape index (κ1) is 17.0. The molecule has 23 heavy (non-hydrogen) atoms. The molecule has 0 bridgehead atoms. The second kappa shape index (κ2) is 6.80. The number of benzene rings is 2. The van der Waals surface area contributed by atoms with Gasteiger partial charge in [-0.15, -0.1) is 0 Å². The van der Waals surface area contributed by atoms with E-state index in [-0.39, 0.29) is 17.4 Å². The Bertz CT molecular complexity index is 794. The molecule has 0 aliphatic rings. The predicted molar refractivity (Wildman–Crippen MR) is 87.9 cm³/mol. The number of primary sulfonamides is 1. The van der Waals surface area contributed by atoms with Gasteiger partial charge in [-0.1, -0.05) is 6.07 Å². The van der Waals surface area contributed by atoms with Crippen molar-refractivity contribution in [2.24, 2.45) is 5.14 Å². The predicted octanol–water partition coefficient (Wildman–Crippen LogP) is 1.97. The van der Waals surface area contributed by atoms with Crippen molar-refractivity contribution < 1.29 is 17.9 Å². The lowest BCUT2D eigenvalue weighted by Gasteiger charge is -2.09. The van der Waals surface area contributed by atoms with Gasteiger partial charge in [0.2, 0.25) is 10.0 Å². The molecule has 2 aromatic carbocycles. The zero-order valence-electron chi connectivity index (χ0n) is 12.9. The molecular formula is C16H18N2O4S. The maximum atomic E-state index is 11.9. The minimum absolute atomic E-state index is 0.0121. The van der Waals surface area contributed by atoms with Crippen LogP contribution in [0.3, 0.4) is 0 Å². The summed E-state index contributed by atoms with van der Waals surface area (Å²) in [6.07, 6.45) is 0.